The zero-order valence-corrected chi connectivity index (χ0v) is 13.6. The quantitative estimate of drug-likeness (QED) is 0.796. The molecule has 0 spiro atoms. The molecule has 1 fully saturated rings. The average Bonchev–Trinajstić information content (AvgIpc) is 3.03. The Hall–Kier alpha value is -2.05. The van der Waals surface area contributed by atoms with E-state index in [0.717, 1.165) is 19.5 Å². The maximum atomic E-state index is 12.3. The van der Waals surface area contributed by atoms with Crippen LogP contribution < -0.4 is 16.2 Å². The standard InChI is InChI=1S/C16H19N3O3.ClH/c1-10-9-17-7-6-12(10)18-15(20)11-4-5-13(19-16(11)21)14-3-2-8-22-14;/h2-5,8,10,12,17H,6-7,9H2,1H3,(H,18,20)(H,19,21);1H. The molecule has 2 unspecified atom stereocenters. The van der Waals surface area contributed by atoms with Gasteiger partial charge in [-0.25, -0.2) is 0 Å². The zero-order chi connectivity index (χ0) is 15.5. The summed E-state index contributed by atoms with van der Waals surface area (Å²) in [4.78, 5) is 27.1. The number of pyridine rings is 1. The number of furan rings is 1. The number of piperidine rings is 1. The van der Waals surface area contributed by atoms with Crippen molar-refractivity contribution < 1.29 is 9.21 Å². The number of carbonyl (C=O) groups excluding carboxylic acids is 1. The van der Waals surface area contributed by atoms with Crippen LogP contribution in [0, 0.1) is 5.92 Å². The molecule has 3 N–H and O–H groups in total. The molecular weight excluding hydrogens is 318 g/mol. The molecule has 0 radical (unpaired) electrons. The fourth-order valence-electron chi connectivity index (χ4n) is 2.70. The first-order chi connectivity index (χ1) is 10.6. The number of hydrogen-bond donors (Lipinski definition) is 3. The van der Waals surface area contributed by atoms with Crippen molar-refractivity contribution in [1.82, 2.24) is 15.6 Å². The lowest BCUT2D eigenvalue weighted by atomic mass is 9.95. The van der Waals surface area contributed by atoms with Gasteiger partial charge in [0.25, 0.3) is 11.5 Å². The molecule has 0 aromatic carbocycles. The number of hydrogen-bond acceptors (Lipinski definition) is 4. The Balaban J connectivity index is 0.00000192. The van der Waals surface area contributed by atoms with Crippen molar-refractivity contribution in [3.05, 3.63) is 46.4 Å². The minimum absolute atomic E-state index is 0. The van der Waals surface area contributed by atoms with Crippen molar-refractivity contribution in [2.75, 3.05) is 13.1 Å². The van der Waals surface area contributed by atoms with E-state index in [4.69, 9.17) is 4.42 Å². The highest BCUT2D eigenvalue weighted by atomic mass is 35.5. The van der Waals surface area contributed by atoms with E-state index in [1.54, 1.807) is 18.2 Å². The van der Waals surface area contributed by atoms with Gasteiger partial charge in [-0.3, -0.25) is 9.59 Å². The Labute approximate surface area is 140 Å². The lowest BCUT2D eigenvalue weighted by molar-refractivity contribution is 0.0912. The van der Waals surface area contributed by atoms with Crippen molar-refractivity contribution in [3.63, 3.8) is 0 Å². The molecule has 7 heteroatoms. The van der Waals surface area contributed by atoms with Gasteiger partial charge in [-0.2, -0.15) is 0 Å². The molecule has 124 valence electrons. The molecule has 2 atom stereocenters. The summed E-state index contributed by atoms with van der Waals surface area (Å²) in [6.07, 6.45) is 2.40. The van der Waals surface area contributed by atoms with Crippen molar-refractivity contribution >= 4 is 18.3 Å². The molecule has 0 saturated carbocycles. The fraction of sp³-hybridized carbons (Fsp3) is 0.375. The Morgan fingerprint density at radius 1 is 1.35 bits per heavy atom. The molecule has 0 aliphatic carbocycles. The summed E-state index contributed by atoms with van der Waals surface area (Å²) in [5.41, 5.74) is 0.274. The van der Waals surface area contributed by atoms with Gasteiger partial charge in [0.05, 0.1) is 12.0 Å². The number of amides is 1. The molecule has 3 heterocycles. The Bertz CT molecular complexity index is 712. The number of H-pyrrole nitrogens is 1. The number of carbonyl (C=O) groups is 1. The van der Waals surface area contributed by atoms with Crippen LogP contribution in [-0.2, 0) is 0 Å². The van der Waals surface area contributed by atoms with Gasteiger partial charge in [-0.05, 0) is 49.7 Å². The molecule has 1 aliphatic rings. The number of aromatic amines is 1. The van der Waals surface area contributed by atoms with Crippen molar-refractivity contribution in [3.8, 4) is 11.5 Å². The van der Waals surface area contributed by atoms with Gasteiger partial charge in [0.2, 0.25) is 0 Å². The third kappa shape index (κ3) is 3.83. The van der Waals surface area contributed by atoms with E-state index < -0.39 is 5.56 Å². The van der Waals surface area contributed by atoms with E-state index in [2.05, 4.69) is 22.5 Å². The van der Waals surface area contributed by atoms with Gasteiger partial charge in [0.15, 0.2) is 0 Å². The van der Waals surface area contributed by atoms with Crippen LogP contribution in [0.15, 0.2) is 39.7 Å². The van der Waals surface area contributed by atoms with Crippen molar-refractivity contribution in [2.45, 2.75) is 19.4 Å². The van der Waals surface area contributed by atoms with E-state index in [0.29, 0.717) is 17.4 Å². The highest BCUT2D eigenvalue weighted by molar-refractivity contribution is 5.94. The first kappa shape index (κ1) is 17.3. The number of halogens is 1. The third-order valence-corrected chi connectivity index (χ3v) is 4.04. The zero-order valence-electron chi connectivity index (χ0n) is 12.8. The molecule has 23 heavy (non-hydrogen) atoms. The second-order valence-electron chi connectivity index (χ2n) is 5.64. The lowest BCUT2D eigenvalue weighted by Crippen LogP contribution is -2.49. The maximum Gasteiger partial charge on any atom is 0.261 e. The van der Waals surface area contributed by atoms with E-state index in [1.165, 1.54) is 12.3 Å². The third-order valence-electron chi connectivity index (χ3n) is 4.04. The maximum absolute atomic E-state index is 12.3. The van der Waals surface area contributed by atoms with Gasteiger partial charge in [0, 0.05) is 6.04 Å². The fourth-order valence-corrected chi connectivity index (χ4v) is 2.70. The van der Waals surface area contributed by atoms with E-state index >= 15 is 0 Å². The number of nitrogens with one attached hydrogen (secondary N) is 3. The SMILES string of the molecule is CC1CNCCC1NC(=O)c1ccc(-c2ccco2)[nH]c1=O.Cl. The molecule has 1 saturated heterocycles. The molecule has 2 aromatic rings. The molecule has 3 rings (SSSR count). The van der Waals surface area contributed by atoms with Crippen LogP contribution in [0.1, 0.15) is 23.7 Å². The van der Waals surface area contributed by atoms with Crippen molar-refractivity contribution in [1.29, 1.82) is 0 Å². The second kappa shape index (κ2) is 7.48. The van der Waals surface area contributed by atoms with E-state index in [1.807, 2.05) is 0 Å². The monoisotopic (exact) mass is 337 g/mol. The van der Waals surface area contributed by atoms with Crippen LogP contribution in [-0.4, -0.2) is 30.0 Å². The normalized spacial score (nSPS) is 20.6. The molecule has 6 nitrogen and oxygen atoms in total. The highest BCUT2D eigenvalue weighted by Crippen LogP contribution is 2.16. The molecule has 1 amide bonds. The van der Waals surface area contributed by atoms with Gasteiger partial charge in [-0.15, -0.1) is 12.4 Å². The summed E-state index contributed by atoms with van der Waals surface area (Å²) in [6, 6.07) is 6.81. The summed E-state index contributed by atoms with van der Waals surface area (Å²) in [5.74, 6) is 0.584. The lowest BCUT2D eigenvalue weighted by Gasteiger charge is -2.30. The molecule has 1 aliphatic heterocycles. The van der Waals surface area contributed by atoms with Crippen LogP contribution in [0.2, 0.25) is 0 Å². The van der Waals surface area contributed by atoms with Crippen LogP contribution >= 0.6 is 12.4 Å². The molecule has 0 bridgehead atoms. The van der Waals surface area contributed by atoms with Gasteiger partial charge >= 0.3 is 0 Å². The predicted molar refractivity (Wildman–Crippen MR) is 89.9 cm³/mol. The second-order valence-corrected chi connectivity index (χ2v) is 5.64. The minimum atomic E-state index is -0.409. The first-order valence-corrected chi connectivity index (χ1v) is 7.44. The van der Waals surface area contributed by atoms with E-state index in [9.17, 15) is 9.59 Å². The van der Waals surface area contributed by atoms with Crippen molar-refractivity contribution in [2.24, 2.45) is 5.92 Å². The largest absolute Gasteiger partial charge is 0.463 e. The Morgan fingerprint density at radius 3 is 2.83 bits per heavy atom. The van der Waals surface area contributed by atoms with Crippen LogP contribution in [0.4, 0.5) is 0 Å². The summed E-state index contributed by atoms with van der Waals surface area (Å²) < 4.78 is 5.23. The first-order valence-electron chi connectivity index (χ1n) is 7.44. The smallest absolute Gasteiger partial charge is 0.261 e. The molecule has 2 aromatic heterocycles. The van der Waals surface area contributed by atoms with E-state index in [-0.39, 0.29) is 29.9 Å². The van der Waals surface area contributed by atoms with Gasteiger partial charge < -0.3 is 20.0 Å². The molecular formula is C16H20ClN3O3. The summed E-state index contributed by atoms with van der Waals surface area (Å²) in [5, 5.41) is 6.24. The summed E-state index contributed by atoms with van der Waals surface area (Å²) >= 11 is 0. The van der Waals surface area contributed by atoms with Crippen LogP contribution in [0.3, 0.4) is 0 Å². The topological polar surface area (TPSA) is 87.1 Å². The Kier molecular flexibility index (Phi) is 5.63. The Morgan fingerprint density at radius 2 is 2.17 bits per heavy atom. The minimum Gasteiger partial charge on any atom is -0.463 e. The number of aromatic nitrogens is 1. The number of rotatable bonds is 3. The highest BCUT2D eigenvalue weighted by Gasteiger charge is 2.24. The van der Waals surface area contributed by atoms with Crippen LogP contribution in [0.25, 0.3) is 11.5 Å². The average molecular weight is 338 g/mol. The summed E-state index contributed by atoms with van der Waals surface area (Å²) in [7, 11) is 0. The van der Waals surface area contributed by atoms with Gasteiger partial charge in [0.1, 0.15) is 11.3 Å². The van der Waals surface area contributed by atoms with Crippen LogP contribution in [0.5, 0.6) is 0 Å². The summed E-state index contributed by atoms with van der Waals surface area (Å²) in [6.45, 7) is 3.84. The predicted octanol–water partition coefficient (Wildman–Crippen LogP) is 1.78. The van der Waals surface area contributed by atoms with Gasteiger partial charge in [-0.1, -0.05) is 6.92 Å².